The van der Waals surface area contributed by atoms with Crippen molar-refractivity contribution in [1.82, 2.24) is 0 Å². The summed E-state index contributed by atoms with van der Waals surface area (Å²) in [5, 5.41) is 0.528. The summed E-state index contributed by atoms with van der Waals surface area (Å²) < 4.78 is 14.1. The molecule has 2 rings (SSSR count). The van der Waals surface area contributed by atoms with Crippen LogP contribution in [0.2, 0.25) is 5.02 Å². The van der Waals surface area contributed by atoms with Crippen molar-refractivity contribution in [3.8, 4) is 0 Å². The van der Waals surface area contributed by atoms with Crippen molar-refractivity contribution in [2.45, 2.75) is 13.3 Å². The summed E-state index contributed by atoms with van der Waals surface area (Å²) in [7, 11) is 0. The average Bonchev–Trinajstić information content (AvgIpc) is 2.36. The maximum absolute atomic E-state index is 13.2. The van der Waals surface area contributed by atoms with Gasteiger partial charge in [0.25, 0.3) is 0 Å². The molecule has 0 fully saturated rings. The standard InChI is InChI=1S/C15H11ClFIO/c1-9-2-4-12(17)6-10(9)7-15(19)13-8-11(16)3-5-14(13)18/h2-6,8H,7H2,1H3. The molecule has 4 heteroatoms. The van der Waals surface area contributed by atoms with Gasteiger partial charge >= 0.3 is 0 Å². The van der Waals surface area contributed by atoms with Gasteiger partial charge in [0.2, 0.25) is 0 Å². The van der Waals surface area contributed by atoms with E-state index in [4.69, 9.17) is 11.6 Å². The molecule has 0 aliphatic carbocycles. The predicted octanol–water partition coefficient (Wildman–Crippen LogP) is 4.82. The Kier molecular flexibility index (Phi) is 4.58. The largest absolute Gasteiger partial charge is 0.294 e. The summed E-state index contributed by atoms with van der Waals surface area (Å²) in [5.74, 6) is -0.380. The monoisotopic (exact) mass is 388 g/mol. The molecule has 0 saturated heterocycles. The second-order valence-electron chi connectivity index (χ2n) is 4.29. The Labute approximate surface area is 129 Å². The Morgan fingerprint density at radius 1 is 1.26 bits per heavy atom. The van der Waals surface area contributed by atoms with Gasteiger partial charge in [-0.1, -0.05) is 17.7 Å². The lowest BCUT2D eigenvalue weighted by Gasteiger charge is -2.07. The summed E-state index contributed by atoms with van der Waals surface area (Å²) in [6.45, 7) is 1.87. The predicted molar refractivity (Wildman–Crippen MR) is 83.3 cm³/mol. The lowest BCUT2D eigenvalue weighted by molar-refractivity contribution is 0.0992. The van der Waals surface area contributed by atoms with Gasteiger partial charge in [-0.05, 0) is 71.0 Å². The molecule has 0 unspecified atom stereocenters. The third kappa shape index (κ3) is 3.54. The maximum Gasteiger partial charge on any atom is 0.168 e. The van der Waals surface area contributed by atoms with Gasteiger partial charge in [-0.3, -0.25) is 4.79 Å². The minimum atomic E-state index is -0.325. The lowest BCUT2D eigenvalue weighted by atomic mass is 9.99. The van der Waals surface area contributed by atoms with Crippen molar-refractivity contribution in [3.63, 3.8) is 0 Å². The van der Waals surface area contributed by atoms with Gasteiger partial charge in [-0.15, -0.1) is 0 Å². The minimum absolute atomic E-state index is 0.0550. The third-order valence-corrected chi connectivity index (χ3v) is 4.07. The van der Waals surface area contributed by atoms with Crippen LogP contribution in [-0.4, -0.2) is 5.78 Å². The second kappa shape index (κ2) is 6.01. The summed E-state index contributed by atoms with van der Waals surface area (Å²) in [6.07, 6.45) is 0.180. The fourth-order valence-corrected chi connectivity index (χ4v) is 2.62. The van der Waals surface area contributed by atoms with Gasteiger partial charge in [-0.2, -0.15) is 0 Å². The van der Waals surface area contributed by atoms with Crippen LogP contribution in [0.15, 0.2) is 36.4 Å². The SMILES string of the molecule is Cc1ccc(F)cc1CC(=O)c1cc(Cl)ccc1I. The first-order chi connectivity index (χ1) is 8.97. The zero-order valence-electron chi connectivity index (χ0n) is 10.2. The number of ketones is 1. The zero-order chi connectivity index (χ0) is 14.0. The number of hydrogen-bond donors (Lipinski definition) is 0. The fourth-order valence-electron chi connectivity index (χ4n) is 1.81. The normalized spacial score (nSPS) is 10.5. The first-order valence-corrected chi connectivity index (χ1v) is 7.16. The molecule has 19 heavy (non-hydrogen) atoms. The van der Waals surface area contributed by atoms with Gasteiger partial charge < -0.3 is 0 Å². The molecular weight excluding hydrogens is 378 g/mol. The maximum atomic E-state index is 13.2. The van der Waals surface area contributed by atoms with Crippen LogP contribution in [0.5, 0.6) is 0 Å². The van der Waals surface area contributed by atoms with E-state index in [0.717, 1.165) is 9.13 Å². The second-order valence-corrected chi connectivity index (χ2v) is 5.89. The highest BCUT2D eigenvalue weighted by Gasteiger charge is 2.13. The van der Waals surface area contributed by atoms with Gasteiger partial charge in [0, 0.05) is 20.6 Å². The minimum Gasteiger partial charge on any atom is -0.294 e. The van der Waals surface area contributed by atoms with Crippen LogP contribution in [0.25, 0.3) is 0 Å². The van der Waals surface area contributed by atoms with E-state index in [1.807, 2.05) is 6.92 Å². The van der Waals surface area contributed by atoms with Crippen molar-refractivity contribution in [1.29, 1.82) is 0 Å². The van der Waals surface area contributed by atoms with E-state index in [1.54, 1.807) is 24.3 Å². The number of carbonyl (C=O) groups is 1. The highest BCUT2D eigenvalue weighted by Crippen LogP contribution is 2.21. The van der Waals surface area contributed by atoms with Gasteiger partial charge in [0.15, 0.2) is 5.78 Å². The number of Topliss-reactive ketones (excluding diaryl/α,β-unsaturated/α-hetero) is 1. The quantitative estimate of drug-likeness (QED) is 0.544. The summed E-state index contributed by atoms with van der Waals surface area (Å²) in [5.41, 5.74) is 2.20. The fraction of sp³-hybridized carbons (Fsp3) is 0.133. The van der Waals surface area contributed by atoms with Gasteiger partial charge in [0.05, 0.1) is 0 Å². The van der Waals surface area contributed by atoms with Crippen LogP contribution < -0.4 is 0 Å². The van der Waals surface area contributed by atoms with Crippen LogP contribution in [0.3, 0.4) is 0 Å². The number of carbonyl (C=O) groups excluding carboxylic acids is 1. The molecule has 0 saturated carbocycles. The smallest absolute Gasteiger partial charge is 0.168 e. The molecule has 98 valence electrons. The van der Waals surface area contributed by atoms with Crippen molar-refractivity contribution >= 4 is 40.0 Å². The highest BCUT2D eigenvalue weighted by atomic mass is 127. The van der Waals surface area contributed by atoms with E-state index >= 15 is 0 Å². The highest BCUT2D eigenvalue weighted by molar-refractivity contribution is 14.1. The van der Waals surface area contributed by atoms with E-state index in [0.29, 0.717) is 16.1 Å². The molecule has 2 aromatic carbocycles. The molecule has 0 aliphatic heterocycles. The topological polar surface area (TPSA) is 17.1 Å². The molecule has 0 N–H and O–H groups in total. The number of hydrogen-bond acceptors (Lipinski definition) is 1. The van der Waals surface area contributed by atoms with Crippen LogP contribution >= 0.6 is 34.2 Å². The molecule has 0 aliphatic rings. The molecular formula is C15H11ClFIO. The molecule has 0 spiro atoms. The number of benzene rings is 2. The average molecular weight is 389 g/mol. The Balaban J connectivity index is 2.30. The Hall–Kier alpha value is -0.940. The molecule has 0 radical (unpaired) electrons. The van der Waals surface area contributed by atoms with E-state index < -0.39 is 0 Å². The van der Waals surface area contributed by atoms with Crippen LogP contribution in [-0.2, 0) is 6.42 Å². The zero-order valence-corrected chi connectivity index (χ0v) is 13.1. The van der Waals surface area contributed by atoms with Crippen LogP contribution in [0.1, 0.15) is 21.5 Å². The van der Waals surface area contributed by atoms with Crippen molar-refractivity contribution in [3.05, 3.63) is 67.5 Å². The van der Waals surface area contributed by atoms with Crippen LogP contribution in [0.4, 0.5) is 4.39 Å². The molecule has 2 aromatic rings. The van der Waals surface area contributed by atoms with Crippen molar-refractivity contribution in [2.75, 3.05) is 0 Å². The Morgan fingerprint density at radius 2 is 2.00 bits per heavy atom. The molecule has 0 aromatic heterocycles. The third-order valence-electron chi connectivity index (χ3n) is 2.89. The van der Waals surface area contributed by atoms with E-state index in [2.05, 4.69) is 22.6 Å². The molecule has 1 nitrogen and oxygen atoms in total. The van der Waals surface area contributed by atoms with Crippen molar-refractivity contribution in [2.24, 2.45) is 0 Å². The number of aryl methyl sites for hydroxylation is 1. The summed E-state index contributed by atoms with van der Waals surface area (Å²) in [6, 6.07) is 9.68. The Morgan fingerprint density at radius 3 is 2.74 bits per heavy atom. The molecule has 0 amide bonds. The first-order valence-electron chi connectivity index (χ1n) is 5.70. The molecule has 0 atom stereocenters. The van der Waals surface area contributed by atoms with Crippen molar-refractivity contribution < 1.29 is 9.18 Å². The van der Waals surface area contributed by atoms with E-state index in [9.17, 15) is 9.18 Å². The van der Waals surface area contributed by atoms with Gasteiger partial charge in [0.1, 0.15) is 5.82 Å². The summed E-state index contributed by atoms with van der Waals surface area (Å²) in [4.78, 5) is 12.3. The molecule has 0 bridgehead atoms. The first kappa shape index (κ1) is 14.5. The number of halogens is 3. The molecule has 0 heterocycles. The van der Waals surface area contributed by atoms with Gasteiger partial charge in [-0.25, -0.2) is 4.39 Å². The summed E-state index contributed by atoms with van der Waals surface area (Å²) >= 11 is 8.00. The lowest BCUT2D eigenvalue weighted by Crippen LogP contribution is -2.07. The van der Waals surface area contributed by atoms with Crippen LogP contribution in [0, 0.1) is 16.3 Å². The van der Waals surface area contributed by atoms with E-state index in [-0.39, 0.29) is 18.0 Å². The Bertz CT molecular complexity index is 640. The van der Waals surface area contributed by atoms with E-state index in [1.165, 1.54) is 12.1 Å². The number of rotatable bonds is 3.